The van der Waals surface area contributed by atoms with E-state index in [2.05, 4.69) is 14.9 Å². The van der Waals surface area contributed by atoms with E-state index in [1.54, 1.807) is 23.1 Å². The van der Waals surface area contributed by atoms with Crippen LogP contribution >= 0.6 is 23.2 Å². The van der Waals surface area contributed by atoms with Gasteiger partial charge in [0, 0.05) is 18.9 Å². The van der Waals surface area contributed by atoms with Crippen LogP contribution in [-0.4, -0.2) is 28.0 Å². The molecule has 158 valence electrons. The van der Waals surface area contributed by atoms with Crippen LogP contribution in [0.2, 0.25) is 10.0 Å². The van der Waals surface area contributed by atoms with Gasteiger partial charge in [0.1, 0.15) is 5.02 Å². The minimum atomic E-state index is -3.80. The number of benzene rings is 2. The first-order valence-corrected chi connectivity index (χ1v) is 11.2. The van der Waals surface area contributed by atoms with Crippen molar-refractivity contribution in [3.63, 3.8) is 0 Å². The summed E-state index contributed by atoms with van der Waals surface area (Å²) in [7, 11) is -3.80. The molecule has 4 rings (SSSR count). The van der Waals surface area contributed by atoms with Gasteiger partial charge in [0.25, 0.3) is 5.56 Å². The highest BCUT2D eigenvalue weighted by molar-refractivity contribution is 7.89. The van der Waals surface area contributed by atoms with E-state index in [0.717, 1.165) is 15.9 Å². The number of halogens is 2. The van der Waals surface area contributed by atoms with Crippen LogP contribution in [0.3, 0.4) is 0 Å². The normalized spacial score (nSPS) is 11.5. The van der Waals surface area contributed by atoms with Crippen molar-refractivity contribution < 1.29 is 8.42 Å². The molecule has 0 atom stereocenters. The molecule has 0 unspecified atom stereocenters. The topological polar surface area (TPSA) is 98.9 Å². The van der Waals surface area contributed by atoms with E-state index < -0.39 is 15.6 Å². The molecule has 31 heavy (non-hydrogen) atoms. The van der Waals surface area contributed by atoms with Gasteiger partial charge in [-0.1, -0.05) is 41.4 Å². The minimum absolute atomic E-state index is 0.0425. The third-order valence-electron chi connectivity index (χ3n) is 4.46. The lowest BCUT2D eigenvalue weighted by Gasteiger charge is -2.12. The average molecular weight is 476 g/mol. The maximum absolute atomic E-state index is 12.8. The molecule has 0 aliphatic carbocycles. The molecule has 8 nitrogen and oxygen atoms in total. The number of hydrogen-bond donors (Lipinski definition) is 1. The van der Waals surface area contributed by atoms with Crippen molar-refractivity contribution in [2.45, 2.75) is 11.4 Å². The number of para-hydroxylation sites is 1. The Balaban J connectivity index is 1.56. The van der Waals surface area contributed by atoms with Gasteiger partial charge in [0.05, 0.1) is 27.5 Å². The molecular formula is C20H15Cl2N5O3S. The molecule has 1 N–H and O–H groups in total. The Morgan fingerprint density at radius 1 is 0.968 bits per heavy atom. The molecule has 2 aromatic carbocycles. The zero-order valence-electron chi connectivity index (χ0n) is 15.8. The Morgan fingerprint density at radius 3 is 2.42 bits per heavy atom. The third-order valence-corrected chi connectivity index (χ3v) is 6.63. The van der Waals surface area contributed by atoms with E-state index in [4.69, 9.17) is 23.2 Å². The second-order valence-electron chi connectivity index (χ2n) is 6.42. The molecule has 11 heteroatoms. The molecule has 2 heterocycles. The third kappa shape index (κ3) is 4.40. The molecule has 0 spiro atoms. The van der Waals surface area contributed by atoms with Crippen LogP contribution in [0.4, 0.5) is 0 Å². The summed E-state index contributed by atoms with van der Waals surface area (Å²) in [5, 5.41) is 8.00. The summed E-state index contributed by atoms with van der Waals surface area (Å²) in [6.45, 7) is 0.0773. The lowest BCUT2D eigenvalue weighted by atomic mass is 10.2. The second-order valence-corrected chi connectivity index (χ2v) is 8.97. The van der Waals surface area contributed by atoms with Crippen LogP contribution < -0.4 is 10.3 Å². The summed E-state index contributed by atoms with van der Waals surface area (Å²) in [6, 6.07) is 14.8. The Bertz CT molecular complexity index is 1390. The van der Waals surface area contributed by atoms with Crippen LogP contribution in [0.1, 0.15) is 5.56 Å². The van der Waals surface area contributed by atoms with Crippen molar-refractivity contribution in [2.75, 3.05) is 0 Å². The predicted molar refractivity (Wildman–Crippen MR) is 117 cm³/mol. The molecular weight excluding hydrogens is 461 g/mol. The Kier molecular flexibility index (Phi) is 5.92. The first-order chi connectivity index (χ1) is 14.9. The fraction of sp³-hybridized carbons (Fsp3) is 0.0500. The molecule has 2 aromatic heterocycles. The van der Waals surface area contributed by atoms with Gasteiger partial charge in [-0.2, -0.15) is 14.9 Å². The summed E-state index contributed by atoms with van der Waals surface area (Å²) in [5.74, 6) is 0. The van der Waals surface area contributed by atoms with Crippen molar-refractivity contribution in [3.8, 4) is 11.4 Å². The maximum atomic E-state index is 12.8. The fourth-order valence-corrected chi connectivity index (χ4v) is 4.17. The zero-order chi connectivity index (χ0) is 22.0. The summed E-state index contributed by atoms with van der Waals surface area (Å²) in [5.41, 5.74) is 1.29. The van der Waals surface area contributed by atoms with Gasteiger partial charge in [0.2, 0.25) is 10.0 Å². The van der Waals surface area contributed by atoms with Crippen molar-refractivity contribution in [1.82, 2.24) is 24.3 Å². The molecule has 0 aliphatic heterocycles. The molecule has 0 saturated heterocycles. The van der Waals surface area contributed by atoms with E-state index in [0.29, 0.717) is 5.69 Å². The summed E-state index contributed by atoms with van der Waals surface area (Å²) in [4.78, 5) is 12.2. The molecule has 4 aromatic rings. The second kappa shape index (κ2) is 8.64. The quantitative estimate of drug-likeness (QED) is 0.461. The van der Waals surface area contributed by atoms with Gasteiger partial charge < -0.3 is 0 Å². The number of rotatable bonds is 6. The van der Waals surface area contributed by atoms with Gasteiger partial charge in [-0.05, 0) is 42.0 Å². The summed E-state index contributed by atoms with van der Waals surface area (Å²) < 4.78 is 30.8. The Morgan fingerprint density at radius 2 is 1.71 bits per heavy atom. The van der Waals surface area contributed by atoms with Crippen LogP contribution in [0.15, 0.2) is 82.9 Å². The van der Waals surface area contributed by atoms with Gasteiger partial charge in [-0.15, -0.1) is 0 Å². The van der Waals surface area contributed by atoms with Gasteiger partial charge in [0.15, 0.2) is 0 Å². The smallest absolute Gasteiger partial charge is 0.266 e. The summed E-state index contributed by atoms with van der Waals surface area (Å²) >= 11 is 11.7. The number of sulfonamides is 1. The first kappa shape index (κ1) is 21.3. The van der Waals surface area contributed by atoms with Crippen molar-refractivity contribution in [3.05, 3.63) is 99.2 Å². The number of nitrogens with one attached hydrogen (secondary N) is 1. The van der Waals surface area contributed by atoms with Gasteiger partial charge in [-0.3, -0.25) is 4.79 Å². The van der Waals surface area contributed by atoms with Gasteiger partial charge >= 0.3 is 0 Å². The van der Waals surface area contributed by atoms with Crippen LogP contribution in [-0.2, 0) is 16.6 Å². The molecule has 0 aliphatic rings. The maximum Gasteiger partial charge on any atom is 0.291 e. The number of aromatic nitrogens is 4. The Hall–Kier alpha value is -2.98. The van der Waals surface area contributed by atoms with Crippen LogP contribution in [0.25, 0.3) is 11.4 Å². The van der Waals surface area contributed by atoms with E-state index in [1.807, 2.05) is 24.3 Å². The fourth-order valence-electron chi connectivity index (χ4n) is 2.91. The molecule has 0 fully saturated rings. The molecule has 0 bridgehead atoms. The summed E-state index contributed by atoms with van der Waals surface area (Å²) in [6.07, 6.45) is 4.68. The predicted octanol–water partition coefficient (Wildman–Crippen LogP) is 3.20. The molecule has 0 radical (unpaired) electrons. The zero-order valence-corrected chi connectivity index (χ0v) is 18.1. The monoisotopic (exact) mass is 475 g/mol. The largest absolute Gasteiger partial charge is 0.291 e. The van der Waals surface area contributed by atoms with E-state index in [9.17, 15) is 13.2 Å². The van der Waals surface area contributed by atoms with Crippen molar-refractivity contribution in [2.24, 2.45) is 0 Å². The lowest BCUT2D eigenvalue weighted by Crippen LogP contribution is -2.24. The lowest BCUT2D eigenvalue weighted by molar-refractivity contribution is 0.581. The van der Waals surface area contributed by atoms with Crippen LogP contribution in [0, 0.1) is 0 Å². The highest BCUT2D eigenvalue weighted by Gasteiger charge is 2.16. The van der Waals surface area contributed by atoms with E-state index in [-0.39, 0.29) is 21.5 Å². The molecule has 0 saturated carbocycles. The van der Waals surface area contributed by atoms with Crippen LogP contribution in [0.5, 0.6) is 0 Å². The number of hydrogen-bond acceptors (Lipinski definition) is 5. The molecule has 0 amide bonds. The Labute approximate surface area is 187 Å². The first-order valence-electron chi connectivity index (χ1n) is 8.98. The van der Waals surface area contributed by atoms with Gasteiger partial charge in [-0.25, -0.2) is 17.8 Å². The standard InChI is InChI=1S/C20H15Cl2N5O3S/c21-17-13-24-27(20(28)19(17)22)15-6-8-16(9-7-15)31(29,30)25-12-14-4-1-2-5-18(14)26-11-3-10-23-26/h1-11,13,25H,12H2. The highest BCUT2D eigenvalue weighted by atomic mass is 35.5. The van der Waals surface area contributed by atoms with Crippen molar-refractivity contribution >= 4 is 33.2 Å². The van der Waals surface area contributed by atoms with E-state index >= 15 is 0 Å². The SMILES string of the molecule is O=c1c(Cl)c(Cl)cnn1-c1ccc(S(=O)(=O)NCc2ccccc2-n2cccn2)cc1. The average Bonchev–Trinajstić information content (AvgIpc) is 3.31. The number of nitrogens with zero attached hydrogens (tertiary/aromatic N) is 4. The van der Waals surface area contributed by atoms with E-state index in [1.165, 1.54) is 30.5 Å². The minimum Gasteiger partial charge on any atom is -0.266 e. The van der Waals surface area contributed by atoms with Crippen molar-refractivity contribution in [1.29, 1.82) is 0 Å². The highest BCUT2D eigenvalue weighted by Crippen LogP contribution is 2.18.